The van der Waals surface area contributed by atoms with Gasteiger partial charge in [-0.25, -0.2) is 4.79 Å². The zero-order valence-electron chi connectivity index (χ0n) is 17.1. The Kier molecular flexibility index (Phi) is 5.62. The highest BCUT2D eigenvalue weighted by Crippen LogP contribution is 2.46. The van der Waals surface area contributed by atoms with E-state index in [1.54, 1.807) is 12.1 Å². The number of piperidine rings is 1. The largest absolute Gasteiger partial charge is 0.478 e. The van der Waals surface area contributed by atoms with Crippen LogP contribution >= 0.6 is 11.6 Å². The highest BCUT2D eigenvalue weighted by molar-refractivity contribution is 6.32. The summed E-state index contributed by atoms with van der Waals surface area (Å²) in [4.78, 5) is 15.9. The summed E-state index contributed by atoms with van der Waals surface area (Å²) in [7, 11) is 0. The predicted octanol–water partition coefficient (Wildman–Crippen LogP) is 5.19. The molecule has 2 aliphatic heterocycles. The molecule has 2 aromatic rings. The Hall–Kier alpha value is -2.71. The van der Waals surface area contributed by atoms with Gasteiger partial charge < -0.3 is 14.9 Å². The van der Waals surface area contributed by atoms with Crippen LogP contribution in [0, 0.1) is 16.7 Å². The standard InChI is InChI=1S/C24H26ClN3O2/c1-2-19-14-24(16-28(19)21-8-5-18(15-26)22(25)13-21)9-11-27(12-10-24)20-6-3-17(4-7-20)23(29)30/h3-8,13,19H,2,9-12,14,16H2,1H3,(H,29,30)/t19-/m0/s1. The molecule has 4 rings (SSSR count). The fraction of sp³-hybridized carbons (Fsp3) is 0.417. The van der Waals surface area contributed by atoms with E-state index in [2.05, 4.69) is 22.8 Å². The van der Waals surface area contributed by atoms with E-state index in [-0.39, 0.29) is 0 Å². The van der Waals surface area contributed by atoms with Crippen LogP contribution in [0.25, 0.3) is 0 Å². The van der Waals surface area contributed by atoms with Crippen LogP contribution in [0.5, 0.6) is 0 Å². The van der Waals surface area contributed by atoms with E-state index in [1.165, 1.54) is 6.42 Å². The lowest BCUT2D eigenvalue weighted by Crippen LogP contribution is -2.41. The molecule has 1 N–H and O–H groups in total. The summed E-state index contributed by atoms with van der Waals surface area (Å²) in [5.41, 5.74) is 3.33. The fourth-order valence-electron chi connectivity index (χ4n) is 5.02. The van der Waals surface area contributed by atoms with Gasteiger partial charge in [0.2, 0.25) is 0 Å². The van der Waals surface area contributed by atoms with E-state index in [1.807, 2.05) is 30.3 Å². The number of carbonyl (C=O) groups is 1. The van der Waals surface area contributed by atoms with Crippen molar-refractivity contribution >= 4 is 28.9 Å². The van der Waals surface area contributed by atoms with E-state index >= 15 is 0 Å². The Morgan fingerprint density at radius 2 is 1.87 bits per heavy atom. The number of carboxylic acid groups (broad SMARTS) is 1. The quantitative estimate of drug-likeness (QED) is 0.733. The average Bonchev–Trinajstić information content (AvgIpc) is 3.12. The van der Waals surface area contributed by atoms with E-state index < -0.39 is 5.97 Å². The first kappa shape index (κ1) is 20.6. The molecule has 156 valence electrons. The lowest BCUT2D eigenvalue weighted by Gasteiger charge is -2.40. The molecule has 1 spiro atoms. The van der Waals surface area contributed by atoms with E-state index in [4.69, 9.17) is 22.0 Å². The van der Waals surface area contributed by atoms with Crippen molar-refractivity contribution in [3.05, 3.63) is 58.6 Å². The summed E-state index contributed by atoms with van der Waals surface area (Å²) in [5.74, 6) is -0.890. The van der Waals surface area contributed by atoms with Crippen molar-refractivity contribution in [2.75, 3.05) is 29.4 Å². The lowest BCUT2D eigenvalue weighted by atomic mass is 9.76. The fourth-order valence-corrected chi connectivity index (χ4v) is 5.24. The maximum atomic E-state index is 11.1. The minimum Gasteiger partial charge on any atom is -0.478 e. The first-order chi connectivity index (χ1) is 14.4. The number of benzene rings is 2. The van der Waals surface area contributed by atoms with Crippen molar-refractivity contribution in [2.24, 2.45) is 5.41 Å². The van der Waals surface area contributed by atoms with E-state index in [9.17, 15) is 4.79 Å². The third-order valence-electron chi connectivity index (χ3n) is 6.79. The number of aromatic carboxylic acids is 1. The van der Waals surface area contributed by atoms with Gasteiger partial charge in [0, 0.05) is 37.1 Å². The van der Waals surface area contributed by atoms with Crippen molar-refractivity contribution < 1.29 is 9.90 Å². The number of rotatable bonds is 4. The van der Waals surface area contributed by atoms with Gasteiger partial charge in [-0.1, -0.05) is 18.5 Å². The molecule has 2 aliphatic rings. The molecule has 1 atom stereocenters. The van der Waals surface area contributed by atoms with Crippen molar-refractivity contribution in [3.63, 3.8) is 0 Å². The lowest BCUT2D eigenvalue weighted by molar-refractivity contribution is 0.0697. The van der Waals surface area contributed by atoms with E-state index in [0.29, 0.717) is 27.6 Å². The maximum Gasteiger partial charge on any atom is 0.335 e. The van der Waals surface area contributed by atoms with Crippen LogP contribution in [0.15, 0.2) is 42.5 Å². The molecule has 2 saturated heterocycles. The van der Waals surface area contributed by atoms with Crippen molar-refractivity contribution in [1.82, 2.24) is 0 Å². The van der Waals surface area contributed by atoms with Gasteiger partial charge in [-0.2, -0.15) is 5.26 Å². The van der Waals surface area contributed by atoms with Crippen LogP contribution in [0.2, 0.25) is 5.02 Å². The second-order valence-electron chi connectivity index (χ2n) is 8.51. The SMILES string of the molecule is CC[C@H]1CC2(CCN(c3ccc(C(=O)O)cc3)CC2)CN1c1ccc(C#N)c(Cl)c1. The number of hydrogen-bond acceptors (Lipinski definition) is 4. The van der Waals surface area contributed by atoms with Gasteiger partial charge >= 0.3 is 5.97 Å². The van der Waals surface area contributed by atoms with Crippen LogP contribution in [0.1, 0.15) is 48.5 Å². The Balaban J connectivity index is 1.47. The first-order valence-electron chi connectivity index (χ1n) is 10.5. The second-order valence-corrected chi connectivity index (χ2v) is 8.92. The van der Waals surface area contributed by atoms with Crippen molar-refractivity contribution in [3.8, 4) is 6.07 Å². The molecule has 0 amide bonds. The minimum atomic E-state index is -0.890. The number of halogens is 1. The number of anilines is 2. The maximum absolute atomic E-state index is 11.1. The molecular formula is C24H26ClN3O2. The molecule has 0 saturated carbocycles. The molecule has 2 aromatic carbocycles. The zero-order valence-corrected chi connectivity index (χ0v) is 17.9. The summed E-state index contributed by atoms with van der Waals surface area (Å²) >= 11 is 6.30. The molecular weight excluding hydrogens is 398 g/mol. The van der Waals surface area contributed by atoms with E-state index in [0.717, 1.165) is 50.3 Å². The van der Waals surface area contributed by atoms with Gasteiger partial charge in [-0.15, -0.1) is 0 Å². The smallest absolute Gasteiger partial charge is 0.335 e. The molecule has 6 heteroatoms. The van der Waals surface area contributed by atoms with Crippen LogP contribution in [0.3, 0.4) is 0 Å². The Morgan fingerprint density at radius 3 is 2.43 bits per heavy atom. The first-order valence-corrected chi connectivity index (χ1v) is 10.9. The number of nitriles is 1. The van der Waals surface area contributed by atoms with Gasteiger partial charge in [0.15, 0.2) is 0 Å². The molecule has 0 radical (unpaired) electrons. The normalized spacial score (nSPS) is 20.4. The summed E-state index contributed by atoms with van der Waals surface area (Å²) in [5, 5.41) is 18.8. The Bertz CT molecular complexity index is 975. The Labute approximate surface area is 182 Å². The molecule has 2 fully saturated rings. The molecule has 0 aliphatic carbocycles. The van der Waals surface area contributed by atoms with Crippen LogP contribution in [-0.2, 0) is 0 Å². The van der Waals surface area contributed by atoms with Crippen LogP contribution in [0.4, 0.5) is 11.4 Å². The van der Waals surface area contributed by atoms with Crippen molar-refractivity contribution in [2.45, 2.75) is 38.6 Å². The summed E-state index contributed by atoms with van der Waals surface area (Å²) in [6.45, 7) is 5.20. The summed E-state index contributed by atoms with van der Waals surface area (Å²) in [6.07, 6.45) is 4.49. The third kappa shape index (κ3) is 3.85. The molecule has 0 bridgehead atoms. The minimum absolute atomic E-state index is 0.290. The zero-order chi connectivity index (χ0) is 21.3. The summed E-state index contributed by atoms with van der Waals surface area (Å²) in [6, 6.07) is 15.6. The third-order valence-corrected chi connectivity index (χ3v) is 7.11. The predicted molar refractivity (Wildman–Crippen MR) is 119 cm³/mol. The molecule has 30 heavy (non-hydrogen) atoms. The van der Waals surface area contributed by atoms with Crippen LogP contribution in [-0.4, -0.2) is 36.8 Å². The van der Waals surface area contributed by atoms with Gasteiger partial charge in [-0.05, 0) is 73.6 Å². The van der Waals surface area contributed by atoms with Gasteiger partial charge in [-0.3, -0.25) is 0 Å². The highest BCUT2D eigenvalue weighted by Gasteiger charge is 2.45. The number of nitrogens with zero attached hydrogens (tertiary/aromatic N) is 3. The average molecular weight is 424 g/mol. The van der Waals surface area contributed by atoms with Crippen LogP contribution < -0.4 is 9.80 Å². The molecule has 0 unspecified atom stereocenters. The molecule has 5 nitrogen and oxygen atoms in total. The molecule has 0 aromatic heterocycles. The number of carboxylic acids is 1. The van der Waals surface area contributed by atoms with Gasteiger partial charge in [0.05, 0.1) is 16.1 Å². The Morgan fingerprint density at radius 1 is 1.20 bits per heavy atom. The second kappa shape index (κ2) is 8.20. The monoisotopic (exact) mass is 423 g/mol. The van der Waals surface area contributed by atoms with Crippen molar-refractivity contribution in [1.29, 1.82) is 5.26 Å². The molecule has 2 heterocycles. The van der Waals surface area contributed by atoms with Gasteiger partial charge in [0.1, 0.15) is 6.07 Å². The summed E-state index contributed by atoms with van der Waals surface area (Å²) < 4.78 is 0. The topological polar surface area (TPSA) is 67.6 Å². The van der Waals surface area contributed by atoms with Gasteiger partial charge in [0.25, 0.3) is 0 Å². The highest BCUT2D eigenvalue weighted by atomic mass is 35.5. The number of hydrogen-bond donors (Lipinski definition) is 1.